The Morgan fingerprint density at radius 3 is 2.61 bits per heavy atom. The average molecular weight is 409 g/mol. The molecule has 0 radical (unpaired) electrons. The van der Waals surface area contributed by atoms with Crippen molar-refractivity contribution in [2.75, 3.05) is 0 Å². The summed E-state index contributed by atoms with van der Waals surface area (Å²) in [6.45, 7) is 1.98. The minimum Gasteiger partial charge on any atom is -0.293 e. The molecule has 0 saturated carbocycles. The van der Waals surface area contributed by atoms with Crippen molar-refractivity contribution < 1.29 is 4.79 Å². The highest BCUT2D eigenvalue weighted by molar-refractivity contribution is 9.11. The summed E-state index contributed by atoms with van der Waals surface area (Å²) in [6, 6.07) is 7.48. The molecule has 5 heteroatoms. The molecule has 0 bridgehead atoms. The Morgan fingerprint density at radius 1 is 1.33 bits per heavy atom. The van der Waals surface area contributed by atoms with Crippen LogP contribution in [-0.4, -0.2) is 5.78 Å². The van der Waals surface area contributed by atoms with Crippen LogP contribution in [-0.2, 0) is 6.42 Å². The molecule has 2 rings (SSSR count). The molecule has 0 aliphatic carbocycles. The minimum absolute atomic E-state index is 0.0954. The van der Waals surface area contributed by atoms with Crippen LogP contribution < -0.4 is 0 Å². The molecule has 1 heterocycles. The van der Waals surface area contributed by atoms with Gasteiger partial charge in [-0.1, -0.05) is 33.6 Å². The topological polar surface area (TPSA) is 17.1 Å². The number of carbonyl (C=O) groups is 1. The van der Waals surface area contributed by atoms with Crippen molar-refractivity contribution in [2.45, 2.75) is 13.3 Å². The van der Waals surface area contributed by atoms with Gasteiger partial charge in [-0.25, -0.2) is 0 Å². The molecule has 0 spiro atoms. The number of halogens is 3. The summed E-state index contributed by atoms with van der Waals surface area (Å²) in [7, 11) is 0. The Hall–Kier alpha value is -0.160. The molecule has 0 N–H and O–H groups in total. The fourth-order valence-electron chi connectivity index (χ4n) is 1.52. The predicted octanol–water partition coefficient (Wildman–Crippen LogP) is 5.66. The average Bonchev–Trinajstić information content (AvgIpc) is 2.63. The first-order chi connectivity index (χ1) is 8.47. The van der Waals surface area contributed by atoms with E-state index in [1.807, 2.05) is 25.1 Å². The summed E-state index contributed by atoms with van der Waals surface area (Å²) < 4.78 is 1.92. The number of rotatable bonds is 3. The standard InChI is InChI=1S/C13H9Br2ClOS/c1-7-4-12(18-13(7)15)11(17)5-8-2-3-9(14)6-10(8)16/h2-4,6H,5H2,1H3. The Balaban J connectivity index is 2.21. The monoisotopic (exact) mass is 406 g/mol. The van der Waals surface area contributed by atoms with E-state index in [1.54, 1.807) is 6.07 Å². The Morgan fingerprint density at radius 2 is 2.06 bits per heavy atom. The van der Waals surface area contributed by atoms with Gasteiger partial charge in [-0.15, -0.1) is 11.3 Å². The third kappa shape index (κ3) is 3.23. The lowest BCUT2D eigenvalue weighted by molar-refractivity contribution is 0.0997. The van der Waals surface area contributed by atoms with Gasteiger partial charge < -0.3 is 0 Å². The number of thiophene rings is 1. The molecule has 0 aliphatic heterocycles. The smallest absolute Gasteiger partial charge is 0.177 e. The van der Waals surface area contributed by atoms with Gasteiger partial charge in [0, 0.05) is 15.9 Å². The second-order valence-corrected chi connectivity index (χ2v) is 7.60. The first-order valence-electron chi connectivity index (χ1n) is 5.20. The van der Waals surface area contributed by atoms with Crippen LogP contribution in [0.2, 0.25) is 5.02 Å². The van der Waals surface area contributed by atoms with Gasteiger partial charge in [0.05, 0.1) is 8.66 Å². The molecule has 94 valence electrons. The highest BCUT2D eigenvalue weighted by Crippen LogP contribution is 2.29. The van der Waals surface area contributed by atoms with Gasteiger partial charge in [-0.05, 0) is 52.2 Å². The molecule has 0 atom stereocenters. The number of ketones is 1. The van der Waals surface area contributed by atoms with Gasteiger partial charge in [0.2, 0.25) is 0 Å². The Kier molecular flexibility index (Phi) is 4.64. The molecule has 1 aromatic carbocycles. The second-order valence-electron chi connectivity index (χ2n) is 3.90. The molecule has 0 saturated heterocycles. The van der Waals surface area contributed by atoms with E-state index >= 15 is 0 Å². The van der Waals surface area contributed by atoms with Crippen molar-refractivity contribution in [3.63, 3.8) is 0 Å². The van der Waals surface area contributed by atoms with Crippen molar-refractivity contribution in [3.05, 3.63) is 53.6 Å². The summed E-state index contributed by atoms with van der Waals surface area (Å²) in [5, 5.41) is 0.616. The lowest BCUT2D eigenvalue weighted by Crippen LogP contribution is -2.01. The summed E-state index contributed by atoms with van der Waals surface area (Å²) in [6.07, 6.45) is 0.332. The van der Waals surface area contributed by atoms with E-state index < -0.39 is 0 Å². The molecule has 2 aromatic rings. The highest BCUT2D eigenvalue weighted by atomic mass is 79.9. The molecule has 0 unspecified atom stereocenters. The van der Waals surface area contributed by atoms with E-state index in [-0.39, 0.29) is 5.78 Å². The molecular formula is C13H9Br2ClOS. The number of hydrogen-bond donors (Lipinski definition) is 0. The van der Waals surface area contributed by atoms with Gasteiger partial charge in [0.25, 0.3) is 0 Å². The van der Waals surface area contributed by atoms with E-state index in [0.717, 1.165) is 24.3 Å². The van der Waals surface area contributed by atoms with Crippen molar-refractivity contribution >= 4 is 60.6 Å². The number of hydrogen-bond acceptors (Lipinski definition) is 2. The summed E-state index contributed by atoms with van der Waals surface area (Å²) in [4.78, 5) is 12.9. The van der Waals surface area contributed by atoms with Gasteiger partial charge in [0.15, 0.2) is 5.78 Å². The van der Waals surface area contributed by atoms with Gasteiger partial charge in [0.1, 0.15) is 0 Å². The zero-order valence-electron chi connectivity index (χ0n) is 9.47. The number of carbonyl (C=O) groups excluding carboxylic acids is 1. The van der Waals surface area contributed by atoms with E-state index in [9.17, 15) is 4.79 Å². The molecular weight excluding hydrogens is 399 g/mol. The molecule has 18 heavy (non-hydrogen) atoms. The van der Waals surface area contributed by atoms with E-state index in [4.69, 9.17) is 11.6 Å². The zero-order valence-corrected chi connectivity index (χ0v) is 14.2. The predicted molar refractivity (Wildman–Crippen MR) is 83.9 cm³/mol. The summed E-state index contributed by atoms with van der Waals surface area (Å²) >= 11 is 14.3. The van der Waals surface area contributed by atoms with Gasteiger partial charge in [-0.3, -0.25) is 4.79 Å². The first kappa shape index (κ1) is 14.3. The van der Waals surface area contributed by atoms with Crippen molar-refractivity contribution in [2.24, 2.45) is 0 Å². The lowest BCUT2D eigenvalue weighted by Gasteiger charge is -2.03. The van der Waals surface area contributed by atoms with Crippen LogP contribution in [0.15, 0.2) is 32.5 Å². The third-order valence-electron chi connectivity index (χ3n) is 2.50. The van der Waals surface area contributed by atoms with Crippen LogP contribution in [0.1, 0.15) is 20.8 Å². The van der Waals surface area contributed by atoms with Crippen LogP contribution in [0.25, 0.3) is 0 Å². The molecule has 0 amide bonds. The van der Waals surface area contributed by atoms with Crippen molar-refractivity contribution in [3.8, 4) is 0 Å². The van der Waals surface area contributed by atoms with Gasteiger partial charge in [-0.2, -0.15) is 0 Å². The van der Waals surface area contributed by atoms with E-state index in [1.165, 1.54) is 11.3 Å². The molecule has 0 fully saturated rings. The number of aryl methyl sites for hydroxylation is 1. The molecule has 1 aromatic heterocycles. The Labute approximate surface area is 131 Å². The van der Waals surface area contributed by atoms with Crippen LogP contribution >= 0.6 is 54.8 Å². The summed E-state index contributed by atoms with van der Waals surface area (Å²) in [5.74, 6) is 0.0954. The fourth-order valence-corrected chi connectivity index (χ4v) is 3.73. The molecule has 1 nitrogen and oxygen atoms in total. The maximum Gasteiger partial charge on any atom is 0.177 e. The van der Waals surface area contributed by atoms with Crippen molar-refractivity contribution in [1.82, 2.24) is 0 Å². The quantitative estimate of drug-likeness (QED) is 0.599. The van der Waals surface area contributed by atoms with Crippen molar-refractivity contribution in [1.29, 1.82) is 0 Å². The first-order valence-corrected chi connectivity index (χ1v) is 7.98. The van der Waals surface area contributed by atoms with Gasteiger partial charge >= 0.3 is 0 Å². The highest BCUT2D eigenvalue weighted by Gasteiger charge is 2.13. The summed E-state index contributed by atoms with van der Waals surface area (Å²) in [5.41, 5.74) is 1.94. The van der Waals surface area contributed by atoms with Crippen LogP contribution in [0, 0.1) is 6.92 Å². The maximum atomic E-state index is 12.1. The zero-order chi connectivity index (χ0) is 13.3. The van der Waals surface area contributed by atoms with E-state index in [2.05, 4.69) is 31.9 Å². The number of benzene rings is 1. The lowest BCUT2D eigenvalue weighted by atomic mass is 10.1. The van der Waals surface area contributed by atoms with Crippen LogP contribution in [0.4, 0.5) is 0 Å². The fraction of sp³-hybridized carbons (Fsp3) is 0.154. The van der Waals surface area contributed by atoms with Crippen LogP contribution in [0.5, 0.6) is 0 Å². The third-order valence-corrected chi connectivity index (χ3v) is 5.52. The largest absolute Gasteiger partial charge is 0.293 e. The number of Topliss-reactive ketones (excluding diaryl/α,β-unsaturated/α-hetero) is 1. The SMILES string of the molecule is Cc1cc(C(=O)Cc2ccc(Br)cc2Cl)sc1Br. The normalized spacial score (nSPS) is 10.7. The van der Waals surface area contributed by atoms with E-state index in [0.29, 0.717) is 11.4 Å². The van der Waals surface area contributed by atoms with Crippen LogP contribution in [0.3, 0.4) is 0 Å². The maximum absolute atomic E-state index is 12.1. The molecule has 0 aliphatic rings. The Bertz CT molecular complexity index is 588. The second kappa shape index (κ2) is 5.87. The minimum atomic E-state index is 0.0954.